The van der Waals surface area contributed by atoms with Crippen molar-refractivity contribution in [3.05, 3.63) is 11.4 Å². The molecular formula is C10H19N3O. The summed E-state index contributed by atoms with van der Waals surface area (Å²) in [5, 5.41) is 15.9. The van der Waals surface area contributed by atoms with Crippen LogP contribution in [0.25, 0.3) is 0 Å². The average molecular weight is 197 g/mol. The summed E-state index contributed by atoms with van der Waals surface area (Å²) in [5.74, 6) is 0.343. The smallest absolute Gasteiger partial charge is 0.0587 e. The Morgan fingerprint density at radius 2 is 2.29 bits per heavy atom. The van der Waals surface area contributed by atoms with Crippen LogP contribution in [0.3, 0.4) is 0 Å². The lowest BCUT2D eigenvalue weighted by Gasteiger charge is -2.32. The van der Waals surface area contributed by atoms with Gasteiger partial charge in [-0.05, 0) is 12.8 Å². The Kier molecular flexibility index (Phi) is 2.20. The molecule has 1 saturated heterocycles. The van der Waals surface area contributed by atoms with E-state index in [-0.39, 0.29) is 18.1 Å². The fourth-order valence-corrected chi connectivity index (χ4v) is 2.41. The lowest BCUT2D eigenvalue weighted by molar-refractivity contribution is 0.165. The first-order valence-electron chi connectivity index (χ1n) is 5.21. The van der Waals surface area contributed by atoms with Crippen molar-refractivity contribution in [1.29, 1.82) is 0 Å². The van der Waals surface area contributed by atoms with E-state index in [1.54, 1.807) is 0 Å². The number of nitrogens with one attached hydrogen (secondary N) is 2. The molecule has 4 heteroatoms. The van der Waals surface area contributed by atoms with Gasteiger partial charge in [-0.25, -0.2) is 0 Å². The molecule has 1 fully saturated rings. The SMILES string of the molecule is CC1C(CO)NCCNC2=C(N)C21C. The molecule has 0 bridgehead atoms. The second-order valence-corrected chi connectivity index (χ2v) is 4.45. The van der Waals surface area contributed by atoms with Crippen LogP contribution in [0.15, 0.2) is 11.4 Å². The summed E-state index contributed by atoms with van der Waals surface area (Å²) < 4.78 is 0. The summed E-state index contributed by atoms with van der Waals surface area (Å²) in [6.07, 6.45) is 0. The van der Waals surface area contributed by atoms with Crippen molar-refractivity contribution in [2.24, 2.45) is 17.1 Å². The topological polar surface area (TPSA) is 70.3 Å². The third kappa shape index (κ3) is 1.14. The molecule has 2 aliphatic rings. The first-order chi connectivity index (χ1) is 6.62. The number of aliphatic hydroxyl groups excluding tert-OH is 1. The number of fused-ring (bicyclic) bond motifs is 1. The van der Waals surface area contributed by atoms with Crippen LogP contribution < -0.4 is 16.4 Å². The van der Waals surface area contributed by atoms with Crippen LogP contribution in [0.1, 0.15) is 13.8 Å². The Balaban J connectivity index is 2.16. The van der Waals surface area contributed by atoms with E-state index < -0.39 is 0 Å². The van der Waals surface area contributed by atoms with Crippen molar-refractivity contribution < 1.29 is 5.11 Å². The van der Waals surface area contributed by atoms with E-state index in [9.17, 15) is 5.11 Å². The van der Waals surface area contributed by atoms with Gasteiger partial charge in [0, 0.05) is 30.5 Å². The van der Waals surface area contributed by atoms with E-state index in [4.69, 9.17) is 5.73 Å². The van der Waals surface area contributed by atoms with E-state index in [1.807, 2.05) is 0 Å². The summed E-state index contributed by atoms with van der Waals surface area (Å²) in [6, 6.07) is 0.151. The van der Waals surface area contributed by atoms with Gasteiger partial charge in [-0.2, -0.15) is 0 Å². The van der Waals surface area contributed by atoms with Crippen molar-refractivity contribution in [3.8, 4) is 0 Å². The van der Waals surface area contributed by atoms with Crippen LogP contribution in [0.5, 0.6) is 0 Å². The van der Waals surface area contributed by atoms with Crippen molar-refractivity contribution >= 4 is 0 Å². The minimum absolute atomic E-state index is 0.0131. The number of aliphatic hydroxyl groups is 1. The van der Waals surface area contributed by atoms with Crippen LogP contribution in [-0.2, 0) is 0 Å². The average Bonchev–Trinajstić information content (AvgIpc) is 2.68. The van der Waals surface area contributed by atoms with Gasteiger partial charge in [-0.1, -0.05) is 6.92 Å². The van der Waals surface area contributed by atoms with E-state index in [0.29, 0.717) is 5.92 Å². The molecule has 0 saturated carbocycles. The fraction of sp³-hybridized carbons (Fsp3) is 0.800. The molecule has 0 aromatic heterocycles. The van der Waals surface area contributed by atoms with E-state index >= 15 is 0 Å². The molecular weight excluding hydrogens is 178 g/mol. The summed E-state index contributed by atoms with van der Waals surface area (Å²) in [4.78, 5) is 0. The second kappa shape index (κ2) is 3.14. The maximum Gasteiger partial charge on any atom is 0.0587 e. The van der Waals surface area contributed by atoms with Crippen LogP contribution in [-0.4, -0.2) is 30.8 Å². The summed E-state index contributed by atoms with van der Waals surface area (Å²) >= 11 is 0. The zero-order valence-electron chi connectivity index (χ0n) is 8.80. The molecule has 5 N–H and O–H groups in total. The van der Waals surface area contributed by atoms with Gasteiger partial charge in [-0.15, -0.1) is 0 Å². The van der Waals surface area contributed by atoms with Gasteiger partial charge in [0.05, 0.1) is 12.0 Å². The minimum Gasteiger partial charge on any atom is -0.400 e. The second-order valence-electron chi connectivity index (χ2n) is 4.45. The van der Waals surface area contributed by atoms with E-state index in [0.717, 1.165) is 18.8 Å². The van der Waals surface area contributed by atoms with Crippen molar-refractivity contribution in [2.45, 2.75) is 19.9 Å². The highest BCUT2D eigenvalue weighted by Crippen LogP contribution is 2.54. The van der Waals surface area contributed by atoms with Crippen LogP contribution in [0, 0.1) is 11.3 Å². The Hall–Kier alpha value is -0.740. The zero-order valence-corrected chi connectivity index (χ0v) is 8.80. The number of nitrogens with two attached hydrogens (primary N) is 1. The molecule has 0 aromatic carbocycles. The summed E-state index contributed by atoms with van der Waals surface area (Å²) in [6.45, 7) is 6.22. The highest BCUT2D eigenvalue weighted by atomic mass is 16.3. The Labute approximate surface area is 84.6 Å². The van der Waals surface area contributed by atoms with Gasteiger partial charge in [0.1, 0.15) is 0 Å². The maximum atomic E-state index is 9.27. The molecule has 0 amide bonds. The first-order valence-corrected chi connectivity index (χ1v) is 5.21. The predicted octanol–water partition coefficient (Wildman–Crippen LogP) is -0.634. The standard InChI is InChI=1S/C10H19N3O/c1-6-7(5-14)12-3-4-13-9-8(11)10(6,9)2/h6-7,12-14H,3-5,11H2,1-2H3. The molecule has 2 rings (SSSR count). The van der Waals surface area contributed by atoms with Gasteiger partial charge < -0.3 is 21.5 Å². The maximum absolute atomic E-state index is 9.27. The molecule has 4 nitrogen and oxygen atoms in total. The number of hydrogen-bond donors (Lipinski definition) is 4. The molecule has 1 aliphatic heterocycles. The fourth-order valence-electron chi connectivity index (χ4n) is 2.41. The van der Waals surface area contributed by atoms with Gasteiger partial charge in [0.15, 0.2) is 0 Å². The highest BCUT2D eigenvalue weighted by Gasteiger charge is 2.54. The molecule has 0 aromatic rings. The number of hydrogen-bond acceptors (Lipinski definition) is 4. The molecule has 1 aliphatic carbocycles. The largest absolute Gasteiger partial charge is 0.400 e. The number of rotatable bonds is 1. The van der Waals surface area contributed by atoms with E-state index in [2.05, 4.69) is 24.5 Å². The Bertz CT molecular complexity index is 277. The highest BCUT2D eigenvalue weighted by molar-refractivity contribution is 5.46. The monoisotopic (exact) mass is 197 g/mol. The van der Waals surface area contributed by atoms with Gasteiger partial charge in [0.25, 0.3) is 0 Å². The molecule has 0 spiro atoms. The molecule has 80 valence electrons. The van der Waals surface area contributed by atoms with Gasteiger partial charge in [0.2, 0.25) is 0 Å². The van der Waals surface area contributed by atoms with Crippen LogP contribution in [0.2, 0.25) is 0 Å². The van der Waals surface area contributed by atoms with Gasteiger partial charge in [-0.3, -0.25) is 0 Å². The summed E-state index contributed by atoms with van der Waals surface area (Å²) in [5.41, 5.74) is 8.10. The molecule has 3 atom stereocenters. The lowest BCUT2D eigenvalue weighted by atomic mass is 9.82. The summed E-state index contributed by atoms with van der Waals surface area (Å²) in [7, 11) is 0. The van der Waals surface area contributed by atoms with Crippen molar-refractivity contribution in [1.82, 2.24) is 10.6 Å². The third-order valence-electron chi connectivity index (χ3n) is 3.83. The number of allylic oxidation sites excluding steroid dienone is 2. The third-order valence-corrected chi connectivity index (χ3v) is 3.83. The van der Waals surface area contributed by atoms with Crippen LogP contribution in [0.4, 0.5) is 0 Å². The van der Waals surface area contributed by atoms with E-state index in [1.165, 1.54) is 5.70 Å². The van der Waals surface area contributed by atoms with Crippen molar-refractivity contribution in [2.75, 3.05) is 19.7 Å². The van der Waals surface area contributed by atoms with Crippen molar-refractivity contribution in [3.63, 3.8) is 0 Å². The van der Waals surface area contributed by atoms with Crippen LogP contribution >= 0.6 is 0 Å². The quantitative estimate of drug-likeness (QED) is 0.451. The zero-order chi connectivity index (χ0) is 10.3. The Morgan fingerprint density at radius 3 is 2.93 bits per heavy atom. The molecule has 1 heterocycles. The molecule has 0 radical (unpaired) electrons. The van der Waals surface area contributed by atoms with Gasteiger partial charge >= 0.3 is 0 Å². The lowest BCUT2D eigenvalue weighted by Crippen LogP contribution is -2.47. The first kappa shape index (κ1) is 9.80. The molecule has 3 unspecified atom stereocenters. The molecule has 14 heavy (non-hydrogen) atoms. The minimum atomic E-state index is -0.0131. The predicted molar refractivity (Wildman–Crippen MR) is 55.4 cm³/mol. The normalized spacial score (nSPS) is 42.2. The Morgan fingerprint density at radius 1 is 1.57 bits per heavy atom.